The zero-order valence-corrected chi connectivity index (χ0v) is 17.1. The van der Waals surface area contributed by atoms with Crippen molar-refractivity contribution in [3.8, 4) is 5.75 Å². The molecule has 2 N–H and O–H groups in total. The van der Waals surface area contributed by atoms with Crippen LogP contribution in [0.2, 0.25) is 0 Å². The highest BCUT2D eigenvalue weighted by atomic mass is 32.2. The third-order valence-corrected chi connectivity index (χ3v) is 5.77. The molecule has 1 aliphatic heterocycles. The van der Waals surface area contributed by atoms with Crippen molar-refractivity contribution in [1.29, 1.82) is 0 Å². The molecule has 2 heterocycles. The molecule has 6 nitrogen and oxygen atoms in total. The molecule has 0 radical (unpaired) electrons. The lowest BCUT2D eigenvalue weighted by molar-refractivity contribution is -0.116. The summed E-state index contributed by atoms with van der Waals surface area (Å²) < 4.78 is 19.3. The molecule has 2 aromatic carbocycles. The van der Waals surface area contributed by atoms with E-state index in [-0.39, 0.29) is 29.5 Å². The molecule has 4 rings (SSSR count). The van der Waals surface area contributed by atoms with Gasteiger partial charge in [0, 0.05) is 18.1 Å². The smallest absolute Gasteiger partial charge is 0.257 e. The van der Waals surface area contributed by atoms with Crippen molar-refractivity contribution in [3.63, 3.8) is 0 Å². The number of H-pyrrole nitrogens is 1. The van der Waals surface area contributed by atoms with Crippen LogP contribution in [-0.4, -0.2) is 22.5 Å². The van der Waals surface area contributed by atoms with Gasteiger partial charge >= 0.3 is 0 Å². The third-order valence-electron chi connectivity index (χ3n) is 4.85. The minimum atomic E-state index is -0.397. The second-order valence-corrected chi connectivity index (χ2v) is 7.78. The Hall–Kier alpha value is -3.13. The number of ether oxygens (including phenoxy) is 1. The van der Waals surface area contributed by atoms with Crippen molar-refractivity contribution in [3.05, 3.63) is 81.4 Å². The number of hydrogen-bond acceptors (Lipinski definition) is 5. The molecule has 0 aliphatic carbocycles. The number of carbonyl (C=O) groups is 1. The number of carbonyl (C=O) groups excluding carboxylic acids is 1. The lowest BCUT2D eigenvalue weighted by Crippen LogP contribution is -2.31. The van der Waals surface area contributed by atoms with Gasteiger partial charge in [0.05, 0.1) is 12.2 Å². The summed E-state index contributed by atoms with van der Waals surface area (Å²) in [6.07, 6.45) is 0.160. The van der Waals surface area contributed by atoms with Gasteiger partial charge in [-0.05, 0) is 36.2 Å². The van der Waals surface area contributed by atoms with Gasteiger partial charge in [0.1, 0.15) is 17.4 Å². The van der Waals surface area contributed by atoms with Crippen LogP contribution in [0, 0.1) is 5.82 Å². The third kappa shape index (κ3) is 4.23. The van der Waals surface area contributed by atoms with Crippen molar-refractivity contribution in [2.75, 3.05) is 11.9 Å². The fourth-order valence-electron chi connectivity index (χ4n) is 3.43. The zero-order chi connectivity index (χ0) is 21.1. The lowest BCUT2D eigenvalue weighted by Gasteiger charge is -2.24. The fraction of sp³-hybridized carbons (Fsp3) is 0.227. The molecule has 8 heteroatoms. The van der Waals surface area contributed by atoms with Crippen LogP contribution in [0.1, 0.15) is 36.0 Å². The normalized spacial score (nSPS) is 15.4. The molecule has 0 spiro atoms. The maximum Gasteiger partial charge on any atom is 0.257 e. The van der Waals surface area contributed by atoms with Crippen LogP contribution in [0.3, 0.4) is 0 Å². The van der Waals surface area contributed by atoms with E-state index < -0.39 is 5.92 Å². The van der Waals surface area contributed by atoms with Crippen molar-refractivity contribution < 1.29 is 13.9 Å². The highest BCUT2D eigenvalue weighted by Gasteiger charge is 2.31. The molecule has 0 fully saturated rings. The molecular weight excluding hydrogens is 405 g/mol. The number of nitrogens with one attached hydrogen (secondary N) is 2. The predicted octanol–water partition coefficient (Wildman–Crippen LogP) is 4.07. The van der Waals surface area contributed by atoms with E-state index >= 15 is 0 Å². The summed E-state index contributed by atoms with van der Waals surface area (Å²) in [5.74, 6) is 0.383. The Labute approximate surface area is 176 Å². The molecule has 0 bridgehead atoms. The minimum absolute atomic E-state index is 0.160. The van der Waals surface area contributed by atoms with E-state index in [1.54, 1.807) is 18.2 Å². The Bertz CT molecular complexity index is 1130. The molecule has 154 valence electrons. The van der Waals surface area contributed by atoms with E-state index in [2.05, 4.69) is 15.3 Å². The van der Waals surface area contributed by atoms with Gasteiger partial charge in [-0.15, -0.1) is 0 Å². The van der Waals surface area contributed by atoms with Crippen molar-refractivity contribution >= 4 is 23.5 Å². The summed E-state index contributed by atoms with van der Waals surface area (Å²) in [6.45, 7) is 2.47. The number of benzene rings is 2. The Balaban J connectivity index is 1.62. The Morgan fingerprint density at radius 1 is 1.17 bits per heavy atom. The van der Waals surface area contributed by atoms with Crippen LogP contribution in [-0.2, 0) is 10.5 Å². The number of thioether (sulfide) groups is 1. The highest BCUT2D eigenvalue weighted by molar-refractivity contribution is 7.98. The van der Waals surface area contributed by atoms with Gasteiger partial charge in [-0.2, -0.15) is 0 Å². The van der Waals surface area contributed by atoms with Crippen molar-refractivity contribution in [1.82, 2.24) is 9.97 Å². The highest BCUT2D eigenvalue weighted by Crippen LogP contribution is 2.35. The van der Waals surface area contributed by atoms with Crippen LogP contribution < -0.4 is 15.6 Å². The summed E-state index contributed by atoms with van der Waals surface area (Å²) in [7, 11) is 0. The molecule has 1 aromatic heterocycles. The van der Waals surface area contributed by atoms with Crippen LogP contribution >= 0.6 is 11.8 Å². The summed E-state index contributed by atoms with van der Waals surface area (Å²) in [5, 5.41) is 3.03. The molecule has 0 saturated carbocycles. The molecule has 1 aliphatic rings. The number of amides is 1. The Morgan fingerprint density at radius 2 is 1.93 bits per heavy atom. The number of anilines is 1. The SMILES string of the molecule is CCOc1ccc(C2CC(=O)Nc3nc(SCc4ccccc4F)[nH]c(=O)c32)cc1. The monoisotopic (exact) mass is 425 g/mol. The zero-order valence-electron chi connectivity index (χ0n) is 16.3. The van der Waals surface area contributed by atoms with Crippen molar-refractivity contribution in [2.45, 2.75) is 30.2 Å². The maximum absolute atomic E-state index is 13.8. The number of aromatic nitrogens is 2. The number of halogens is 1. The molecule has 30 heavy (non-hydrogen) atoms. The van der Waals surface area contributed by atoms with Crippen molar-refractivity contribution in [2.24, 2.45) is 0 Å². The average Bonchev–Trinajstić information content (AvgIpc) is 2.73. The number of nitrogens with zero attached hydrogens (tertiary/aromatic N) is 1. The van der Waals surface area contributed by atoms with Gasteiger partial charge in [0.25, 0.3) is 5.56 Å². The molecule has 0 saturated heterocycles. The maximum atomic E-state index is 13.8. The fourth-order valence-corrected chi connectivity index (χ4v) is 4.28. The van der Waals surface area contributed by atoms with Crippen LogP contribution in [0.5, 0.6) is 5.75 Å². The summed E-state index contributed by atoms with van der Waals surface area (Å²) >= 11 is 1.21. The number of fused-ring (bicyclic) bond motifs is 1. The standard InChI is InChI=1S/C22H20FN3O3S/c1-2-29-15-9-7-13(8-10-15)16-11-18(27)24-20-19(16)21(28)26-22(25-20)30-12-14-5-3-4-6-17(14)23/h3-10,16H,2,11-12H2,1H3,(H2,24,25,26,27,28). The summed E-state index contributed by atoms with van der Waals surface area (Å²) in [6, 6.07) is 13.8. The van der Waals surface area contributed by atoms with E-state index in [9.17, 15) is 14.0 Å². The Kier molecular flexibility index (Phi) is 5.85. The van der Waals surface area contributed by atoms with Gasteiger partial charge in [0.2, 0.25) is 5.91 Å². The van der Waals surface area contributed by atoms with E-state index in [0.717, 1.165) is 11.3 Å². The van der Waals surface area contributed by atoms with Gasteiger partial charge in [0.15, 0.2) is 5.16 Å². The van der Waals surface area contributed by atoms with Gasteiger partial charge in [-0.3, -0.25) is 9.59 Å². The predicted molar refractivity (Wildman–Crippen MR) is 114 cm³/mol. The van der Waals surface area contributed by atoms with E-state index in [1.807, 2.05) is 31.2 Å². The number of rotatable bonds is 6. The molecule has 1 atom stereocenters. The van der Waals surface area contributed by atoms with Gasteiger partial charge in [-0.25, -0.2) is 9.37 Å². The van der Waals surface area contributed by atoms with Gasteiger partial charge < -0.3 is 15.0 Å². The molecule has 1 amide bonds. The first-order chi connectivity index (χ1) is 14.5. The van der Waals surface area contributed by atoms with Crippen LogP contribution in [0.25, 0.3) is 0 Å². The Morgan fingerprint density at radius 3 is 2.67 bits per heavy atom. The number of hydrogen-bond donors (Lipinski definition) is 2. The summed E-state index contributed by atoms with van der Waals surface area (Å²) in [5.41, 5.74) is 1.47. The largest absolute Gasteiger partial charge is 0.494 e. The summed E-state index contributed by atoms with van der Waals surface area (Å²) in [4.78, 5) is 32.3. The second kappa shape index (κ2) is 8.71. The topological polar surface area (TPSA) is 84.1 Å². The molecular formula is C22H20FN3O3S. The first kappa shape index (κ1) is 20.2. The van der Waals surface area contributed by atoms with E-state index in [4.69, 9.17) is 4.74 Å². The minimum Gasteiger partial charge on any atom is -0.494 e. The molecule has 1 unspecified atom stereocenters. The van der Waals surface area contributed by atoms with Crippen LogP contribution in [0.4, 0.5) is 10.2 Å². The van der Waals surface area contributed by atoms with E-state index in [1.165, 1.54) is 17.8 Å². The quantitative estimate of drug-likeness (QED) is 0.459. The first-order valence-corrected chi connectivity index (χ1v) is 10.6. The molecule has 3 aromatic rings. The van der Waals surface area contributed by atoms with E-state index in [0.29, 0.717) is 28.6 Å². The number of aromatic amines is 1. The van der Waals surface area contributed by atoms with Gasteiger partial charge in [-0.1, -0.05) is 42.1 Å². The first-order valence-electron chi connectivity index (χ1n) is 9.58. The second-order valence-electron chi connectivity index (χ2n) is 6.82. The lowest BCUT2D eigenvalue weighted by atomic mass is 9.87. The average molecular weight is 425 g/mol. The van der Waals surface area contributed by atoms with Crippen LogP contribution in [0.15, 0.2) is 58.5 Å².